The van der Waals surface area contributed by atoms with Crippen molar-refractivity contribution < 1.29 is 28.2 Å². The molecule has 2 aromatic carbocycles. The lowest BCUT2D eigenvalue weighted by molar-refractivity contribution is 0.260. The van der Waals surface area contributed by atoms with Gasteiger partial charge in [0.1, 0.15) is 6.61 Å². The highest BCUT2D eigenvalue weighted by molar-refractivity contribution is 6.33. The third-order valence-corrected chi connectivity index (χ3v) is 2.47. The lowest BCUT2D eigenvalue weighted by Gasteiger charge is -2.12. The molecule has 0 aromatic heterocycles. The molecule has 0 saturated heterocycles. The number of rotatable bonds is 5. The van der Waals surface area contributed by atoms with Crippen LogP contribution in [0.4, 0.5) is 8.78 Å². The highest BCUT2D eigenvalue weighted by atomic mass is 19.1. The second-order valence-corrected chi connectivity index (χ2v) is 3.91. The van der Waals surface area contributed by atoms with Crippen molar-refractivity contribution in [3.63, 3.8) is 0 Å². The van der Waals surface area contributed by atoms with Crippen LogP contribution >= 0.6 is 0 Å². The molecule has 0 unspecified atom stereocenters. The molecule has 20 heavy (non-hydrogen) atoms. The summed E-state index contributed by atoms with van der Waals surface area (Å²) in [5.74, 6) is -3.33. The van der Waals surface area contributed by atoms with Crippen LogP contribution < -0.4 is 9.39 Å². The molecule has 7 heteroatoms. The number of halogens is 2. The maximum Gasteiger partial charge on any atom is 0.707 e. The highest BCUT2D eigenvalue weighted by Gasteiger charge is 2.21. The van der Waals surface area contributed by atoms with Crippen molar-refractivity contribution in [1.29, 1.82) is 0 Å². The average molecular weight is 280 g/mol. The van der Waals surface area contributed by atoms with Gasteiger partial charge in [0, 0.05) is 0 Å². The molecule has 0 saturated carbocycles. The van der Waals surface area contributed by atoms with Gasteiger partial charge in [-0.2, -0.15) is 4.39 Å². The SMILES string of the molecule is OB(O)Oc1c(F)ccc(OCc2ccccc2)c1F. The van der Waals surface area contributed by atoms with E-state index < -0.39 is 24.7 Å². The Labute approximate surface area is 114 Å². The van der Waals surface area contributed by atoms with Gasteiger partial charge in [0.25, 0.3) is 0 Å². The molecule has 0 aliphatic heterocycles. The lowest BCUT2D eigenvalue weighted by Crippen LogP contribution is -2.22. The predicted octanol–water partition coefficient (Wildman–Crippen LogP) is 1.89. The van der Waals surface area contributed by atoms with Crippen LogP contribution in [0.3, 0.4) is 0 Å². The van der Waals surface area contributed by atoms with Crippen molar-refractivity contribution >= 4 is 7.32 Å². The van der Waals surface area contributed by atoms with E-state index in [0.29, 0.717) is 0 Å². The molecule has 0 bridgehead atoms. The first-order valence-electron chi connectivity index (χ1n) is 5.75. The topological polar surface area (TPSA) is 58.9 Å². The summed E-state index contributed by atoms with van der Waals surface area (Å²) < 4.78 is 36.7. The van der Waals surface area contributed by atoms with Crippen molar-refractivity contribution in [2.45, 2.75) is 6.61 Å². The van der Waals surface area contributed by atoms with E-state index >= 15 is 0 Å². The molecule has 0 radical (unpaired) electrons. The van der Waals surface area contributed by atoms with Gasteiger partial charge in [0.05, 0.1) is 0 Å². The minimum atomic E-state index is -2.32. The lowest BCUT2D eigenvalue weighted by atomic mass is 10.2. The maximum absolute atomic E-state index is 13.9. The van der Waals surface area contributed by atoms with E-state index in [-0.39, 0.29) is 12.4 Å². The summed E-state index contributed by atoms with van der Waals surface area (Å²) >= 11 is 0. The van der Waals surface area contributed by atoms with E-state index in [1.165, 1.54) is 0 Å². The molecule has 0 spiro atoms. The Bertz CT molecular complexity index is 578. The standard InChI is InChI=1S/C13H11BF2O4/c15-10-6-7-11(12(16)13(10)20-14(17)18)19-8-9-4-2-1-3-5-9/h1-7,17-18H,8H2. The summed E-state index contributed by atoms with van der Waals surface area (Å²) in [7, 11) is -2.32. The highest BCUT2D eigenvalue weighted by Crippen LogP contribution is 2.30. The van der Waals surface area contributed by atoms with Crippen LogP contribution in [0.1, 0.15) is 5.56 Å². The fraction of sp³-hybridized carbons (Fsp3) is 0.0769. The van der Waals surface area contributed by atoms with Gasteiger partial charge in [-0.05, 0) is 17.7 Å². The third kappa shape index (κ3) is 3.46. The van der Waals surface area contributed by atoms with Crippen LogP contribution in [0, 0.1) is 11.6 Å². The van der Waals surface area contributed by atoms with E-state index in [1.54, 1.807) is 24.3 Å². The summed E-state index contributed by atoms with van der Waals surface area (Å²) in [5.41, 5.74) is 0.806. The predicted molar refractivity (Wildman–Crippen MR) is 68.0 cm³/mol. The molecule has 2 rings (SSSR count). The number of ether oxygens (including phenoxy) is 1. The summed E-state index contributed by atoms with van der Waals surface area (Å²) in [5, 5.41) is 17.2. The van der Waals surface area contributed by atoms with Gasteiger partial charge in [-0.25, -0.2) is 4.39 Å². The molecule has 104 valence electrons. The Morgan fingerprint density at radius 1 is 1.00 bits per heavy atom. The van der Waals surface area contributed by atoms with Crippen LogP contribution in [-0.4, -0.2) is 17.4 Å². The monoisotopic (exact) mass is 280 g/mol. The molecule has 0 heterocycles. The largest absolute Gasteiger partial charge is 0.707 e. The number of hydrogen-bond donors (Lipinski definition) is 2. The normalized spacial score (nSPS) is 10.2. The Balaban J connectivity index is 2.16. The Morgan fingerprint density at radius 3 is 2.35 bits per heavy atom. The van der Waals surface area contributed by atoms with Crippen molar-refractivity contribution in [2.75, 3.05) is 0 Å². The molecule has 0 aliphatic rings. The fourth-order valence-electron chi connectivity index (χ4n) is 1.57. The van der Waals surface area contributed by atoms with Gasteiger partial charge in [-0.1, -0.05) is 30.3 Å². The zero-order valence-corrected chi connectivity index (χ0v) is 10.3. The van der Waals surface area contributed by atoms with Crippen LogP contribution in [-0.2, 0) is 6.61 Å². The number of hydrogen-bond acceptors (Lipinski definition) is 4. The second-order valence-electron chi connectivity index (χ2n) is 3.91. The van der Waals surface area contributed by atoms with Crippen molar-refractivity contribution in [1.82, 2.24) is 0 Å². The Hall–Kier alpha value is -2.12. The Kier molecular flexibility index (Phi) is 4.55. The molecular formula is C13H11BF2O4. The average Bonchev–Trinajstić information content (AvgIpc) is 2.43. The minimum Gasteiger partial charge on any atom is -0.507 e. The summed E-state index contributed by atoms with van der Waals surface area (Å²) in [6.45, 7) is 0.0878. The van der Waals surface area contributed by atoms with E-state index in [4.69, 9.17) is 14.8 Å². The molecule has 2 aromatic rings. The van der Waals surface area contributed by atoms with Gasteiger partial charge in [0.15, 0.2) is 17.3 Å². The van der Waals surface area contributed by atoms with E-state index in [0.717, 1.165) is 17.7 Å². The second kappa shape index (κ2) is 6.36. The summed E-state index contributed by atoms with van der Waals surface area (Å²) in [4.78, 5) is 0. The van der Waals surface area contributed by atoms with Gasteiger partial charge >= 0.3 is 7.32 Å². The van der Waals surface area contributed by atoms with Gasteiger partial charge in [0.2, 0.25) is 5.82 Å². The molecule has 0 fully saturated rings. The minimum absolute atomic E-state index is 0.0878. The van der Waals surface area contributed by atoms with Crippen LogP contribution in [0.5, 0.6) is 11.5 Å². The first-order chi connectivity index (χ1) is 9.58. The zero-order chi connectivity index (χ0) is 14.5. The van der Waals surface area contributed by atoms with Crippen LogP contribution in [0.25, 0.3) is 0 Å². The number of benzene rings is 2. The first-order valence-corrected chi connectivity index (χ1v) is 5.75. The molecule has 2 N–H and O–H groups in total. The van der Waals surface area contributed by atoms with Crippen LogP contribution in [0.2, 0.25) is 0 Å². The first kappa shape index (κ1) is 14.3. The molecule has 4 nitrogen and oxygen atoms in total. The molecular weight excluding hydrogens is 269 g/mol. The quantitative estimate of drug-likeness (QED) is 0.821. The zero-order valence-electron chi connectivity index (χ0n) is 10.3. The fourth-order valence-corrected chi connectivity index (χ4v) is 1.57. The van der Waals surface area contributed by atoms with Gasteiger partial charge in [-0.15, -0.1) is 0 Å². The van der Waals surface area contributed by atoms with Crippen molar-refractivity contribution in [3.05, 3.63) is 59.7 Å². The smallest absolute Gasteiger partial charge is 0.507 e. The van der Waals surface area contributed by atoms with Crippen molar-refractivity contribution in [3.8, 4) is 11.5 Å². The summed E-state index contributed by atoms with van der Waals surface area (Å²) in [6.07, 6.45) is 0. The van der Waals surface area contributed by atoms with E-state index in [9.17, 15) is 8.78 Å². The molecule has 0 atom stereocenters. The Morgan fingerprint density at radius 2 is 1.70 bits per heavy atom. The molecule has 0 aliphatic carbocycles. The van der Waals surface area contributed by atoms with Gasteiger partial charge < -0.3 is 19.4 Å². The molecule has 0 amide bonds. The summed E-state index contributed by atoms with van der Waals surface area (Å²) in [6, 6.07) is 11.0. The van der Waals surface area contributed by atoms with Crippen LogP contribution in [0.15, 0.2) is 42.5 Å². The van der Waals surface area contributed by atoms with E-state index in [2.05, 4.69) is 4.65 Å². The third-order valence-electron chi connectivity index (χ3n) is 2.47. The van der Waals surface area contributed by atoms with Gasteiger partial charge in [-0.3, -0.25) is 0 Å². The maximum atomic E-state index is 13.9. The van der Waals surface area contributed by atoms with E-state index in [1.807, 2.05) is 6.07 Å². The van der Waals surface area contributed by atoms with Crippen molar-refractivity contribution in [2.24, 2.45) is 0 Å².